The van der Waals surface area contributed by atoms with Crippen LogP contribution in [0.25, 0.3) is 0 Å². The van der Waals surface area contributed by atoms with Crippen molar-refractivity contribution in [2.24, 2.45) is 5.84 Å². The van der Waals surface area contributed by atoms with Gasteiger partial charge in [0.05, 0.1) is 11.4 Å². The standard InChI is InChI=1S/C15H17N3OS/c16-17-15(19)14-8-7-12(20-14)10-18-9-3-5-11-4-1-2-6-13(11)18/h1-2,4,6-8H,3,5,9-10,16H2,(H,17,19). The average molecular weight is 287 g/mol. The normalized spacial score (nSPS) is 13.9. The van der Waals surface area contributed by atoms with Gasteiger partial charge in [-0.2, -0.15) is 0 Å². The van der Waals surface area contributed by atoms with Gasteiger partial charge in [0, 0.05) is 17.1 Å². The molecule has 1 amide bonds. The largest absolute Gasteiger partial charge is 0.366 e. The highest BCUT2D eigenvalue weighted by molar-refractivity contribution is 7.14. The van der Waals surface area contributed by atoms with Gasteiger partial charge in [-0.25, -0.2) is 5.84 Å². The fourth-order valence-electron chi connectivity index (χ4n) is 2.62. The highest BCUT2D eigenvalue weighted by Crippen LogP contribution is 2.29. The van der Waals surface area contributed by atoms with Crippen LogP contribution in [0.5, 0.6) is 0 Å². The predicted molar refractivity (Wildman–Crippen MR) is 81.8 cm³/mol. The first-order valence-electron chi connectivity index (χ1n) is 6.70. The smallest absolute Gasteiger partial charge is 0.275 e. The van der Waals surface area contributed by atoms with Gasteiger partial charge in [0.25, 0.3) is 5.91 Å². The molecule has 3 rings (SSSR count). The Morgan fingerprint density at radius 3 is 3.00 bits per heavy atom. The van der Waals surface area contributed by atoms with Crippen LogP contribution in [0.4, 0.5) is 5.69 Å². The third kappa shape index (κ3) is 2.55. The van der Waals surface area contributed by atoms with E-state index in [0.717, 1.165) is 19.5 Å². The van der Waals surface area contributed by atoms with Gasteiger partial charge in [0.15, 0.2) is 0 Å². The average Bonchev–Trinajstić information content (AvgIpc) is 2.95. The molecule has 0 unspecified atom stereocenters. The van der Waals surface area contributed by atoms with Crippen molar-refractivity contribution in [3.05, 3.63) is 51.7 Å². The zero-order valence-electron chi connectivity index (χ0n) is 11.1. The Balaban J connectivity index is 1.79. The van der Waals surface area contributed by atoms with E-state index >= 15 is 0 Å². The number of hydrogen-bond acceptors (Lipinski definition) is 4. The highest BCUT2D eigenvalue weighted by Gasteiger charge is 2.17. The summed E-state index contributed by atoms with van der Waals surface area (Å²) >= 11 is 1.50. The lowest BCUT2D eigenvalue weighted by Crippen LogP contribution is -2.29. The van der Waals surface area contributed by atoms with E-state index in [-0.39, 0.29) is 5.91 Å². The molecule has 1 aliphatic rings. The Morgan fingerprint density at radius 2 is 2.15 bits per heavy atom. The second kappa shape index (κ2) is 5.64. The van der Waals surface area contributed by atoms with Crippen LogP contribution in [0.3, 0.4) is 0 Å². The molecular weight excluding hydrogens is 270 g/mol. The molecule has 0 radical (unpaired) electrons. The molecule has 0 saturated carbocycles. The van der Waals surface area contributed by atoms with Gasteiger partial charge in [-0.3, -0.25) is 10.2 Å². The number of nitrogens with zero attached hydrogens (tertiary/aromatic N) is 1. The number of aryl methyl sites for hydroxylation is 1. The molecule has 104 valence electrons. The monoisotopic (exact) mass is 287 g/mol. The summed E-state index contributed by atoms with van der Waals surface area (Å²) in [7, 11) is 0. The number of thiophene rings is 1. The minimum Gasteiger partial charge on any atom is -0.366 e. The lowest BCUT2D eigenvalue weighted by molar-refractivity contribution is 0.0957. The second-order valence-electron chi connectivity index (χ2n) is 4.89. The number of carbonyl (C=O) groups is 1. The van der Waals surface area contributed by atoms with Gasteiger partial charge < -0.3 is 4.90 Å². The number of fused-ring (bicyclic) bond motifs is 1. The Hall–Kier alpha value is -1.85. The summed E-state index contributed by atoms with van der Waals surface area (Å²) in [5.74, 6) is 4.94. The lowest BCUT2D eigenvalue weighted by Gasteiger charge is -2.30. The topological polar surface area (TPSA) is 58.4 Å². The van der Waals surface area contributed by atoms with Crippen molar-refractivity contribution in [2.75, 3.05) is 11.4 Å². The maximum absolute atomic E-state index is 11.5. The van der Waals surface area contributed by atoms with Crippen LogP contribution in [0.15, 0.2) is 36.4 Å². The number of amides is 1. The molecule has 2 aromatic rings. The van der Waals surface area contributed by atoms with Gasteiger partial charge >= 0.3 is 0 Å². The number of benzene rings is 1. The summed E-state index contributed by atoms with van der Waals surface area (Å²) in [6.07, 6.45) is 2.33. The quantitative estimate of drug-likeness (QED) is 0.517. The number of rotatable bonds is 3. The minimum atomic E-state index is -0.222. The Bertz CT molecular complexity index is 623. The zero-order valence-corrected chi connectivity index (χ0v) is 12.0. The SMILES string of the molecule is NNC(=O)c1ccc(CN2CCCc3ccccc32)s1. The molecule has 0 aliphatic carbocycles. The molecule has 1 aromatic carbocycles. The Kier molecular flexibility index (Phi) is 3.71. The molecule has 2 heterocycles. The molecule has 1 aromatic heterocycles. The number of nitrogens with two attached hydrogens (primary N) is 1. The molecule has 3 N–H and O–H groups in total. The molecule has 0 bridgehead atoms. The number of hydrazine groups is 1. The van der Waals surface area contributed by atoms with Crippen molar-refractivity contribution in [3.8, 4) is 0 Å². The van der Waals surface area contributed by atoms with Gasteiger partial charge in [0.2, 0.25) is 0 Å². The van der Waals surface area contributed by atoms with Crippen molar-refractivity contribution < 1.29 is 4.79 Å². The van der Waals surface area contributed by atoms with Gasteiger partial charge in [0.1, 0.15) is 0 Å². The summed E-state index contributed by atoms with van der Waals surface area (Å²) in [6.45, 7) is 1.91. The summed E-state index contributed by atoms with van der Waals surface area (Å²) in [6, 6.07) is 12.4. The molecule has 1 aliphatic heterocycles. The fraction of sp³-hybridized carbons (Fsp3) is 0.267. The number of nitrogen functional groups attached to an aromatic ring is 1. The van der Waals surface area contributed by atoms with E-state index in [1.165, 1.54) is 33.9 Å². The lowest BCUT2D eigenvalue weighted by atomic mass is 10.0. The van der Waals surface area contributed by atoms with Crippen LogP contribution in [-0.4, -0.2) is 12.5 Å². The predicted octanol–water partition coefficient (Wildman–Crippen LogP) is 2.30. The Labute approximate surface area is 122 Å². The molecular formula is C15H17N3OS. The van der Waals surface area contributed by atoms with Crippen molar-refractivity contribution in [1.29, 1.82) is 0 Å². The molecule has 0 saturated heterocycles. The molecule has 4 nitrogen and oxygen atoms in total. The van der Waals surface area contributed by atoms with Crippen LogP contribution in [-0.2, 0) is 13.0 Å². The van der Waals surface area contributed by atoms with Gasteiger partial charge in [-0.1, -0.05) is 18.2 Å². The van der Waals surface area contributed by atoms with Crippen LogP contribution >= 0.6 is 11.3 Å². The van der Waals surface area contributed by atoms with Crippen molar-refractivity contribution in [1.82, 2.24) is 5.43 Å². The van der Waals surface area contributed by atoms with Crippen LogP contribution in [0, 0.1) is 0 Å². The summed E-state index contributed by atoms with van der Waals surface area (Å²) in [5, 5.41) is 0. The molecule has 0 spiro atoms. The first-order chi connectivity index (χ1) is 9.78. The summed E-state index contributed by atoms with van der Waals surface area (Å²) < 4.78 is 0. The van der Waals surface area contributed by atoms with Crippen LogP contribution < -0.4 is 16.2 Å². The number of carbonyl (C=O) groups excluding carboxylic acids is 1. The minimum absolute atomic E-state index is 0.222. The van der Waals surface area contributed by atoms with E-state index in [9.17, 15) is 4.79 Å². The molecule has 20 heavy (non-hydrogen) atoms. The van der Waals surface area contributed by atoms with E-state index in [2.05, 4.69) is 34.6 Å². The second-order valence-corrected chi connectivity index (χ2v) is 6.06. The number of hydrogen-bond donors (Lipinski definition) is 2. The van der Waals surface area contributed by atoms with Crippen molar-refractivity contribution in [2.45, 2.75) is 19.4 Å². The summed E-state index contributed by atoms with van der Waals surface area (Å²) in [5.41, 5.74) is 4.90. The van der Waals surface area contributed by atoms with Gasteiger partial charge in [-0.05, 0) is 36.6 Å². The number of nitrogens with one attached hydrogen (secondary N) is 1. The molecule has 0 atom stereocenters. The third-order valence-corrected chi connectivity index (χ3v) is 4.64. The first-order valence-corrected chi connectivity index (χ1v) is 7.52. The Morgan fingerprint density at radius 1 is 1.30 bits per heavy atom. The van der Waals surface area contributed by atoms with E-state index in [1.807, 2.05) is 12.1 Å². The van der Waals surface area contributed by atoms with Gasteiger partial charge in [-0.15, -0.1) is 11.3 Å². The molecule has 5 heteroatoms. The highest BCUT2D eigenvalue weighted by atomic mass is 32.1. The maximum atomic E-state index is 11.5. The van der Waals surface area contributed by atoms with E-state index in [4.69, 9.17) is 5.84 Å². The number of para-hydroxylation sites is 1. The van der Waals surface area contributed by atoms with E-state index in [1.54, 1.807) is 0 Å². The van der Waals surface area contributed by atoms with Crippen molar-refractivity contribution >= 4 is 22.9 Å². The fourth-order valence-corrected chi connectivity index (χ4v) is 3.55. The molecule has 0 fully saturated rings. The summed E-state index contributed by atoms with van der Waals surface area (Å²) in [4.78, 5) is 15.7. The van der Waals surface area contributed by atoms with Crippen LogP contribution in [0.1, 0.15) is 26.5 Å². The number of anilines is 1. The van der Waals surface area contributed by atoms with Crippen molar-refractivity contribution in [3.63, 3.8) is 0 Å². The zero-order chi connectivity index (χ0) is 13.9. The van der Waals surface area contributed by atoms with E-state index in [0.29, 0.717) is 4.88 Å². The third-order valence-electron chi connectivity index (χ3n) is 3.57. The van der Waals surface area contributed by atoms with E-state index < -0.39 is 0 Å². The van der Waals surface area contributed by atoms with Crippen LogP contribution in [0.2, 0.25) is 0 Å². The first kappa shape index (κ1) is 13.1. The maximum Gasteiger partial charge on any atom is 0.275 e.